The Morgan fingerprint density at radius 1 is 1.30 bits per heavy atom. The number of rotatable bonds is 6. The molecule has 9 heteroatoms. The van der Waals surface area contributed by atoms with E-state index in [0.29, 0.717) is 28.5 Å². The van der Waals surface area contributed by atoms with E-state index in [1.54, 1.807) is 25.3 Å². The normalized spacial score (nSPS) is 11.9. The minimum Gasteiger partial charge on any atom is -0.383 e. The average molecular weight is 406 g/mol. The average Bonchev–Trinajstić information content (AvgIpc) is 2.96. The largest absolute Gasteiger partial charge is 0.383 e. The maximum Gasteiger partial charge on any atom is 0.269 e. The number of carbonyl (C=O) groups is 1. The molecule has 0 aliphatic rings. The van der Waals surface area contributed by atoms with Crippen molar-refractivity contribution in [2.24, 2.45) is 4.99 Å². The van der Waals surface area contributed by atoms with Crippen LogP contribution in [-0.4, -0.2) is 29.1 Å². The van der Waals surface area contributed by atoms with Crippen molar-refractivity contribution in [2.75, 3.05) is 13.7 Å². The molecular formula is C18H16ClN3O4S. The van der Waals surface area contributed by atoms with E-state index < -0.39 is 4.92 Å². The summed E-state index contributed by atoms with van der Waals surface area (Å²) >= 11 is 7.44. The van der Waals surface area contributed by atoms with Crippen LogP contribution in [0.2, 0.25) is 5.02 Å². The van der Waals surface area contributed by atoms with Crippen molar-refractivity contribution >= 4 is 44.7 Å². The molecule has 0 spiro atoms. The third kappa shape index (κ3) is 4.60. The zero-order valence-electron chi connectivity index (χ0n) is 14.4. The van der Waals surface area contributed by atoms with Crippen LogP contribution in [0, 0.1) is 10.1 Å². The number of ether oxygens (including phenoxy) is 1. The van der Waals surface area contributed by atoms with Gasteiger partial charge in [0.2, 0.25) is 0 Å². The highest BCUT2D eigenvalue weighted by atomic mass is 35.5. The second-order valence-electron chi connectivity index (χ2n) is 5.75. The topological polar surface area (TPSA) is 86.7 Å². The number of hydrogen-bond donors (Lipinski definition) is 0. The number of nitrogens with zero attached hydrogens (tertiary/aromatic N) is 3. The summed E-state index contributed by atoms with van der Waals surface area (Å²) in [5.41, 5.74) is 1.59. The first kappa shape index (κ1) is 19.2. The van der Waals surface area contributed by atoms with Crippen molar-refractivity contribution in [1.29, 1.82) is 0 Å². The number of non-ortho nitro benzene ring substituents is 1. The molecule has 3 aromatic rings. The second kappa shape index (κ2) is 8.43. The van der Waals surface area contributed by atoms with Crippen molar-refractivity contribution in [3.8, 4) is 0 Å². The van der Waals surface area contributed by atoms with Crippen LogP contribution in [0.5, 0.6) is 0 Å². The Hall–Kier alpha value is -2.55. The molecule has 0 N–H and O–H groups in total. The second-order valence-corrected chi connectivity index (χ2v) is 7.19. The number of hydrogen-bond acceptors (Lipinski definition) is 5. The Kier molecular flexibility index (Phi) is 6.00. The Morgan fingerprint density at radius 3 is 2.70 bits per heavy atom. The number of aromatic nitrogens is 1. The van der Waals surface area contributed by atoms with Gasteiger partial charge in [-0.25, -0.2) is 0 Å². The summed E-state index contributed by atoms with van der Waals surface area (Å²) in [6.07, 6.45) is 0.0667. The van der Waals surface area contributed by atoms with Gasteiger partial charge in [-0.3, -0.25) is 14.9 Å². The number of nitro groups is 1. The molecule has 0 radical (unpaired) electrons. The van der Waals surface area contributed by atoms with Crippen molar-refractivity contribution in [3.63, 3.8) is 0 Å². The third-order valence-electron chi connectivity index (χ3n) is 3.89. The lowest BCUT2D eigenvalue weighted by Gasteiger charge is -2.04. The van der Waals surface area contributed by atoms with Crippen LogP contribution < -0.4 is 4.80 Å². The van der Waals surface area contributed by atoms with Crippen LogP contribution in [0.25, 0.3) is 10.2 Å². The van der Waals surface area contributed by atoms with Gasteiger partial charge in [-0.05, 0) is 23.8 Å². The molecule has 0 atom stereocenters. The van der Waals surface area contributed by atoms with E-state index in [1.807, 2.05) is 16.7 Å². The van der Waals surface area contributed by atoms with E-state index in [4.69, 9.17) is 16.3 Å². The molecule has 0 saturated heterocycles. The molecule has 27 heavy (non-hydrogen) atoms. The van der Waals surface area contributed by atoms with Gasteiger partial charge >= 0.3 is 0 Å². The van der Waals surface area contributed by atoms with Gasteiger partial charge in [0.25, 0.3) is 11.6 Å². The van der Waals surface area contributed by atoms with Crippen molar-refractivity contribution < 1.29 is 14.5 Å². The fourth-order valence-electron chi connectivity index (χ4n) is 2.59. The van der Waals surface area contributed by atoms with Crippen molar-refractivity contribution in [3.05, 3.63) is 68.0 Å². The maximum atomic E-state index is 12.4. The molecule has 1 aromatic heterocycles. The van der Waals surface area contributed by atoms with E-state index in [-0.39, 0.29) is 18.0 Å². The standard InChI is InChI=1S/C18H16ClN3O4S/c1-26-9-8-21-15-7-4-13(19)11-16(15)27-18(21)20-17(23)10-12-2-5-14(6-3-12)22(24)25/h2-7,11H,8-10H2,1H3. The fraction of sp³-hybridized carbons (Fsp3) is 0.222. The Morgan fingerprint density at radius 2 is 2.04 bits per heavy atom. The molecule has 0 unspecified atom stereocenters. The van der Waals surface area contributed by atoms with Crippen LogP contribution in [-0.2, 0) is 22.5 Å². The van der Waals surface area contributed by atoms with Crippen LogP contribution in [0.1, 0.15) is 5.56 Å². The lowest BCUT2D eigenvalue weighted by atomic mass is 10.1. The molecule has 7 nitrogen and oxygen atoms in total. The zero-order valence-corrected chi connectivity index (χ0v) is 16.0. The summed E-state index contributed by atoms with van der Waals surface area (Å²) in [6.45, 7) is 1.04. The number of halogens is 1. The third-order valence-corrected chi connectivity index (χ3v) is 5.16. The minimum absolute atomic E-state index is 0.0121. The van der Waals surface area contributed by atoms with Crippen LogP contribution in [0.15, 0.2) is 47.5 Å². The fourth-order valence-corrected chi connectivity index (χ4v) is 3.94. The van der Waals surface area contributed by atoms with E-state index >= 15 is 0 Å². The molecule has 0 saturated carbocycles. The summed E-state index contributed by atoms with van der Waals surface area (Å²) < 4.78 is 8.01. The zero-order chi connectivity index (χ0) is 19.4. The first-order valence-corrected chi connectivity index (χ1v) is 9.26. The Balaban J connectivity index is 1.91. The van der Waals surface area contributed by atoms with Gasteiger partial charge in [0, 0.05) is 30.8 Å². The highest BCUT2D eigenvalue weighted by Gasteiger charge is 2.10. The molecule has 3 rings (SSSR count). The molecule has 2 aromatic carbocycles. The molecule has 0 aliphatic heterocycles. The summed E-state index contributed by atoms with van der Waals surface area (Å²) in [5.74, 6) is -0.326. The Labute approximate surface area is 163 Å². The SMILES string of the molecule is COCCn1c(=NC(=O)Cc2ccc([N+](=O)[O-])cc2)sc2cc(Cl)ccc21. The van der Waals surface area contributed by atoms with Gasteiger partial charge in [0.15, 0.2) is 4.80 Å². The number of carbonyl (C=O) groups excluding carboxylic acids is 1. The first-order chi connectivity index (χ1) is 13.0. The number of benzene rings is 2. The lowest BCUT2D eigenvalue weighted by molar-refractivity contribution is -0.384. The number of thiazole rings is 1. The molecular weight excluding hydrogens is 390 g/mol. The predicted octanol–water partition coefficient (Wildman–Crippen LogP) is 3.58. The monoisotopic (exact) mass is 405 g/mol. The van der Waals surface area contributed by atoms with Crippen LogP contribution in [0.4, 0.5) is 5.69 Å². The smallest absolute Gasteiger partial charge is 0.269 e. The van der Waals surface area contributed by atoms with E-state index in [2.05, 4.69) is 4.99 Å². The molecule has 0 aliphatic carbocycles. The maximum absolute atomic E-state index is 12.4. The summed E-state index contributed by atoms with van der Waals surface area (Å²) in [6, 6.07) is 11.4. The molecule has 1 amide bonds. The van der Waals surface area contributed by atoms with Gasteiger partial charge in [0.1, 0.15) is 0 Å². The quantitative estimate of drug-likeness (QED) is 0.463. The van der Waals surface area contributed by atoms with E-state index in [0.717, 1.165) is 10.2 Å². The van der Waals surface area contributed by atoms with Crippen molar-refractivity contribution in [1.82, 2.24) is 4.57 Å². The Bertz CT molecular complexity index is 1060. The molecule has 0 bridgehead atoms. The highest BCUT2D eigenvalue weighted by Crippen LogP contribution is 2.22. The predicted molar refractivity (Wildman–Crippen MR) is 104 cm³/mol. The van der Waals surface area contributed by atoms with Crippen molar-refractivity contribution in [2.45, 2.75) is 13.0 Å². The summed E-state index contributed by atoms with van der Waals surface area (Å²) in [5, 5.41) is 11.3. The number of nitro benzene ring substituents is 1. The van der Waals surface area contributed by atoms with Gasteiger partial charge in [-0.2, -0.15) is 4.99 Å². The first-order valence-electron chi connectivity index (χ1n) is 8.06. The van der Waals surface area contributed by atoms with Gasteiger partial charge in [0.05, 0.1) is 28.2 Å². The van der Waals surface area contributed by atoms with Gasteiger partial charge in [-0.15, -0.1) is 0 Å². The molecule has 140 valence electrons. The van der Waals surface area contributed by atoms with E-state index in [9.17, 15) is 14.9 Å². The number of methoxy groups -OCH3 is 1. The number of fused-ring (bicyclic) bond motifs is 1. The lowest BCUT2D eigenvalue weighted by Crippen LogP contribution is -2.19. The van der Waals surface area contributed by atoms with E-state index in [1.165, 1.54) is 23.5 Å². The van der Waals surface area contributed by atoms with Crippen LogP contribution in [0.3, 0.4) is 0 Å². The molecule has 0 fully saturated rings. The highest BCUT2D eigenvalue weighted by molar-refractivity contribution is 7.16. The summed E-state index contributed by atoms with van der Waals surface area (Å²) in [4.78, 5) is 27.4. The molecule has 1 heterocycles. The van der Waals surface area contributed by atoms with Gasteiger partial charge in [-0.1, -0.05) is 35.1 Å². The number of amides is 1. The van der Waals surface area contributed by atoms with Gasteiger partial charge < -0.3 is 9.30 Å². The minimum atomic E-state index is -0.475. The van der Waals surface area contributed by atoms with Crippen LogP contribution >= 0.6 is 22.9 Å². The summed E-state index contributed by atoms with van der Waals surface area (Å²) in [7, 11) is 1.61.